The van der Waals surface area contributed by atoms with Crippen molar-refractivity contribution in [2.45, 2.75) is 13.3 Å². The van der Waals surface area contributed by atoms with E-state index in [1.54, 1.807) is 18.2 Å². The molecule has 0 saturated heterocycles. The Morgan fingerprint density at radius 1 is 1.12 bits per heavy atom. The minimum absolute atomic E-state index is 0.142. The lowest BCUT2D eigenvalue weighted by Crippen LogP contribution is -2.13. The lowest BCUT2D eigenvalue weighted by atomic mass is 9.94. The molecule has 0 unspecified atom stereocenters. The number of hydrogen-bond donors (Lipinski definition) is 0. The molecule has 0 amide bonds. The molecule has 3 nitrogen and oxygen atoms in total. The molecule has 2 rings (SSSR count). The Kier molecular flexibility index (Phi) is 2.86. The Morgan fingerprint density at radius 3 is 2.62 bits per heavy atom. The average Bonchev–Trinajstić information content (AvgIpc) is 2.31. The fourth-order valence-corrected chi connectivity index (χ4v) is 1.65. The minimum atomic E-state index is -0.165. The van der Waals surface area contributed by atoms with Crippen LogP contribution in [0.2, 0.25) is 0 Å². The summed E-state index contributed by atoms with van der Waals surface area (Å²) in [4.78, 5) is 23.3. The van der Waals surface area contributed by atoms with Crippen LogP contribution in [0.5, 0.6) is 5.75 Å². The molecule has 0 aromatic heterocycles. The van der Waals surface area contributed by atoms with E-state index < -0.39 is 0 Å². The number of ether oxygens (including phenoxy) is 1. The van der Waals surface area contributed by atoms with Crippen molar-refractivity contribution in [3.8, 4) is 5.75 Å². The topological polar surface area (TPSA) is 43.4 Å². The highest BCUT2D eigenvalue weighted by Crippen LogP contribution is 2.26. The van der Waals surface area contributed by atoms with Gasteiger partial charge in [-0.1, -0.05) is 19.1 Å². The highest BCUT2D eigenvalue weighted by molar-refractivity contribution is 6.23. The predicted molar refractivity (Wildman–Crippen MR) is 60.0 cm³/mol. The maximum atomic E-state index is 11.7. The van der Waals surface area contributed by atoms with Crippen molar-refractivity contribution in [3.63, 3.8) is 0 Å². The van der Waals surface area contributed by atoms with Gasteiger partial charge in [0.1, 0.15) is 5.75 Å². The number of benzene rings is 1. The van der Waals surface area contributed by atoms with E-state index in [0.717, 1.165) is 6.42 Å². The number of hydrogen-bond acceptors (Lipinski definition) is 3. The summed E-state index contributed by atoms with van der Waals surface area (Å²) in [5.41, 5.74) is 0.824. The highest BCUT2D eigenvalue weighted by Gasteiger charge is 2.22. The van der Waals surface area contributed by atoms with Gasteiger partial charge in [-0.3, -0.25) is 9.59 Å². The molecule has 0 spiro atoms. The van der Waals surface area contributed by atoms with Gasteiger partial charge in [0.15, 0.2) is 11.6 Å². The monoisotopic (exact) mass is 216 g/mol. The van der Waals surface area contributed by atoms with Crippen LogP contribution in [-0.2, 0) is 0 Å². The molecule has 0 fully saturated rings. The van der Waals surface area contributed by atoms with E-state index in [-0.39, 0.29) is 11.6 Å². The minimum Gasteiger partial charge on any atom is -0.493 e. The standard InChI is InChI=1S/C13H12O3/c1-2-8-16-12-5-3-4-9-10(14)6-7-11(15)13(9)12/h3-7H,2,8H2,1H3. The molecule has 0 heterocycles. The van der Waals surface area contributed by atoms with E-state index >= 15 is 0 Å². The zero-order chi connectivity index (χ0) is 11.5. The van der Waals surface area contributed by atoms with Crippen LogP contribution in [0.4, 0.5) is 0 Å². The molecule has 0 atom stereocenters. The molecule has 1 aromatic rings. The third-order valence-corrected chi connectivity index (χ3v) is 2.39. The quantitative estimate of drug-likeness (QED) is 0.779. The molecular formula is C13H12O3. The first-order valence-electron chi connectivity index (χ1n) is 5.26. The molecule has 1 aromatic carbocycles. The number of carbonyl (C=O) groups excluding carboxylic acids is 2. The summed E-state index contributed by atoms with van der Waals surface area (Å²) < 4.78 is 5.47. The molecule has 1 aliphatic carbocycles. The van der Waals surface area contributed by atoms with Crippen molar-refractivity contribution in [2.75, 3.05) is 6.61 Å². The molecular weight excluding hydrogens is 204 g/mol. The summed E-state index contributed by atoms with van der Waals surface area (Å²) in [5.74, 6) is 0.194. The Balaban J connectivity index is 2.47. The largest absolute Gasteiger partial charge is 0.493 e. The van der Waals surface area contributed by atoms with Crippen LogP contribution in [0.1, 0.15) is 34.1 Å². The van der Waals surface area contributed by atoms with Crippen LogP contribution in [0.3, 0.4) is 0 Å². The van der Waals surface area contributed by atoms with Crippen LogP contribution < -0.4 is 4.74 Å². The van der Waals surface area contributed by atoms with Gasteiger partial charge in [0.05, 0.1) is 12.2 Å². The molecule has 0 radical (unpaired) electrons. The fraction of sp³-hybridized carbons (Fsp3) is 0.231. The van der Waals surface area contributed by atoms with E-state index in [4.69, 9.17) is 4.74 Å². The number of ketones is 2. The van der Waals surface area contributed by atoms with Gasteiger partial charge in [0.2, 0.25) is 0 Å². The third-order valence-electron chi connectivity index (χ3n) is 2.39. The van der Waals surface area contributed by atoms with Crippen molar-refractivity contribution in [1.82, 2.24) is 0 Å². The van der Waals surface area contributed by atoms with Crippen molar-refractivity contribution >= 4 is 11.6 Å². The first kappa shape index (κ1) is 10.6. The lowest BCUT2D eigenvalue weighted by molar-refractivity contribution is 0.0990. The summed E-state index contributed by atoms with van der Waals surface area (Å²) in [6.45, 7) is 2.53. The van der Waals surface area contributed by atoms with E-state index in [2.05, 4.69) is 0 Å². The zero-order valence-electron chi connectivity index (χ0n) is 9.03. The van der Waals surface area contributed by atoms with Crippen molar-refractivity contribution in [2.24, 2.45) is 0 Å². The average molecular weight is 216 g/mol. The van der Waals surface area contributed by atoms with Crippen LogP contribution in [0, 0.1) is 0 Å². The summed E-state index contributed by atoms with van der Waals surface area (Å²) in [5, 5.41) is 0. The second kappa shape index (κ2) is 4.31. The molecule has 0 saturated carbocycles. The van der Waals surface area contributed by atoms with E-state index in [9.17, 15) is 9.59 Å². The van der Waals surface area contributed by atoms with Gasteiger partial charge in [0, 0.05) is 5.56 Å². The van der Waals surface area contributed by atoms with Crippen molar-refractivity contribution in [1.29, 1.82) is 0 Å². The van der Waals surface area contributed by atoms with Crippen LogP contribution in [-0.4, -0.2) is 18.2 Å². The Morgan fingerprint density at radius 2 is 1.88 bits per heavy atom. The van der Waals surface area contributed by atoms with Gasteiger partial charge in [-0.2, -0.15) is 0 Å². The fourth-order valence-electron chi connectivity index (χ4n) is 1.65. The van der Waals surface area contributed by atoms with Gasteiger partial charge >= 0.3 is 0 Å². The summed E-state index contributed by atoms with van der Waals surface area (Å²) in [7, 11) is 0. The first-order chi connectivity index (χ1) is 7.74. The van der Waals surface area contributed by atoms with E-state index in [1.807, 2.05) is 6.92 Å². The van der Waals surface area contributed by atoms with Crippen LogP contribution in [0.15, 0.2) is 30.4 Å². The molecule has 82 valence electrons. The number of rotatable bonds is 3. The number of allylic oxidation sites excluding steroid dienone is 2. The second-order valence-electron chi connectivity index (χ2n) is 3.59. The number of fused-ring (bicyclic) bond motifs is 1. The maximum Gasteiger partial charge on any atom is 0.190 e. The second-order valence-corrected chi connectivity index (χ2v) is 3.59. The number of carbonyl (C=O) groups is 2. The maximum absolute atomic E-state index is 11.7. The summed E-state index contributed by atoms with van der Waals surface area (Å²) in [6, 6.07) is 5.10. The molecule has 0 aliphatic heterocycles. The van der Waals surface area contributed by atoms with Crippen LogP contribution in [0.25, 0.3) is 0 Å². The zero-order valence-corrected chi connectivity index (χ0v) is 9.03. The molecule has 16 heavy (non-hydrogen) atoms. The van der Waals surface area contributed by atoms with Gasteiger partial charge < -0.3 is 4.74 Å². The van der Waals surface area contributed by atoms with Gasteiger partial charge in [-0.05, 0) is 24.6 Å². The first-order valence-corrected chi connectivity index (χ1v) is 5.26. The van der Waals surface area contributed by atoms with E-state index in [0.29, 0.717) is 23.5 Å². The van der Waals surface area contributed by atoms with Gasteiger partial charge in [-0.25, -0.2) is 0 Å². The molecule has 1 aliphatic rings. The highest BCUT2D eigenvalue weighted by atomic mass is 16.5. The van der Waals surface area contributed by atoms with Crippen LogP contribution >= 0.6 is 0 Å². The summed E-state index contributed by atoms with van der Waals surface area (Å²) >= 11 is 0. The normalized spacial score (nSPS) is 13.8. The lowest BCUT2D eigenvalue weighted by Gasteiger charge is -2.14. The Bertz CT molecular complexity index is 472. The predicted octanol–water partition coefficient (Wildman–Crippen LogP) is 2.41. The molecule has 0 bridgehead atoms. The van der Waals surface area contributed by atoms with Gasteiger partial charge in [0.25, 0.3) is 0 Å². The third kappa shape index (κ3) is 1.76. The smallest absolute Gasteiger partial charge is 0.190 e. The Labute approximate surface area is 93.7 Å². The van der Waals surface area contributed by atoms with Crippen molar-refractivity contribution < 1.29 is 14.3 Å². The Hall–Kier alpha value is -1.90. The molecule has 0 N–H and O–H groups in total. The van der Waals surface area contributed by atoms with E-state index in [1.165, 1.54) is 12.2 Å². The van der Waals surface area contributed by atoms with Crippen molar-refractivity contribution in [3.05, 3.63) is 41.5 Å². The van der Waals surface area contributed by atoms with Gasteiger partial charge in [-0.15, -0.1) is 0 Å². The molecule has 3 heteroatoms. The summed E-state index contributed by atoms with van der Waals surface area (Å²) in [6.07, 6.45) is 3.46. The SMILES string of the molecule is CCCOc1cccc2c1C(=O)C=CC2=O.